The third-order valence-electron chi connectivity index (χ3n) is 18.0. The van der Waals surface area contributed by atoms with Crippen LogP contribution in [0.25, 0.3) is 0 Å². The summed E-state index contributed by atoms with van der Waals surface area (Å²) in [4.78, 5) is 8.08. The Kier molecular flexibility index (Phi) is 11.6. The van der Waals surface area contributed by atoms with Crippen molar-refractivity contribution in [1.29, 1.82) is 0 Å². The summed E-state index contributed by atoms with van der Waals surface area (Å²) >= 11 is 0. The fraction of sp³-hybridized carbons (Fsp3) is 0.673. The van der Waals surface area contributed by atoms with E-state index >= 15 is 0 Å². The number of piperidine rings is 3. The topological polar surface area (TPSA) is 9.72 Å². The van der Waals surface area contributed by atoms with Gasteiger partial charge in [0.15, 0.2) is 18.5 Å². The molecule has 0 amide bonds. The zero-order valence-electron chi connectivity index (χ0n) is 41.3. The summed E-state index contributed by atoms with van der Waals surface area (Å²) in [6, 6.07) is 28.5. The second kappa shape index (κ2) is 15.9. The highest BCUT2D eigenvalue weighted by molar-refractivity contribution is 5.58. The van der Waals surface area contributed by atoms with E-state index in [0.717, 1.165) is 28.4 Å². The first-order valence-electron chi connectivity index (χ1n) is 24.7. The van der Waals surface area contributed by atoms with Crippen molar-refractivity contribution in [3.63, 3.8) is 0 Å². The summed E-state index contributed by atoms with van der Waals surface area (Å²) < 4.78 is 3.77. The third kappa shape index (κ3) is 7.64. The van der Waals surface area contributed by atoms with Gasteiger partial charge in [-0.2, -0.15) is 0 Å². The number of nitrogens with zero attached hydrogens (tertiary/aromatic N) is 6. The van der Waals surface area contributed by atoms with Gasteiger partial charge >= 0.3 is 0 Å². The highest BCUT2D eigenvalue weighted by atomic mass is 15.6. The van der Waals surface area contributed by atoms with Gasteiger partial charge in [-0.25, -0.2) is 0 Å². The molecular weight excluding hydrogens is 745 g/mol. The van der Waals surface area contributed by atoms with E-state index in [1.165, 1.54) is 120 Å². The number of hydrogen-bond donors (Lipinski definition) is 0. The van der Waals surface area contributed by atoms with E-state index in [9.17, 15) is 0 Å². The van der Waals surface area contributed by atoms with Gasteiger partial charge in [0.2, 0.25) is 0 Å². The molecule has 6 nitrogen and oxygen atoms in total. The van der Waals surface area contributed by atoms with Crippen LogP contribution in [0.1, 0.15) is 130 Å². The van der Waals surface area contributed by atoms with Crippen LogP contribution in [0.2, 0.25) is 0 Å². The maximum absolute atomic E-state index is 2.80. The maximum Gasteiger partial charge on any atom is 0.162 e. The summed E-state index contributed by atoms with van der Waals surface area (Å²) in [6.07, 6.45) is 13.6. The molecule has 2 aliphatic carbocycles. The number of hydrogen-bond acceptors (Lipinski definition) is 3. The van der Waals surface area contributed by atoms with Crippen LogP contribution in [0.5, 0.6) is 0 Å². The van der Waals surface area contributed by atoms with E-state index in [0.29, 0.717) is 18.5 Å². The molecule has 334 valence electrons. The van der Waals surface area contributed by atoms with E-state index in [4.69, 9.17) is 0 Å². The maximum atomic E-state index is 2.80. The Morgan fingerprint density at radius 3 is 1.25 bits per heavy atom. The molecule has 61 heavy (non-hydrogen) atoms. The predicted octanol–water partition coefficient (Wildman–Crippen LogP) is 11.7. The van der Waals surface area contributed by atoms with E-state index in [-0.39, 0.29) is 16.6 Å². The molecule has 8 aliphatic rings. The fourth-order valence-electron chi connectivity index (χ4n) is 15.8. The SMILES string of the molecule is Cc1ccccc1N1C(C)[N+](C)(C)CC1(C)C.Cc1ccccc1N1C(C)[N+]2(CC1(C)C)C1CC3CC(C1)CC2C3.Cc1ccccc1N1C(C)[N+]2(CCCCC2)CC1(C)C. The fourth-order valence-corrected chi connectivity index (χ4v) is 15.8. The van der Waals surface area contributed by atoms with E-state index in [2.05, 4.69) is 185 Å². The molecule has 4 bridgehead atoms. The lowest BCUT2D eigenvalue weighted by atomic mass is 9.62. The monoisotopic (exact) mass is 832 g/mol. The van der Waals surface area contributed by atoms with Crippen LogP contribution < -0.4 is 14.7 Å². The Bertz CT molecular complexity index is 1990. The molecule has 6 heterocycles. The molecule has 3 atom stereocenters. The Morgan fingerprint density at radius 2 is 0.836 bits per heavy atom. The average Bonchev–Trinajstić information content (AvgIpc) is 3.59. The largest absolute Gasteiger partial charge is 0.312 e. The summed E-state index contributed by atoms with van der Waals surface area (Å²) in [5.41, 5.74) is 9.22. The number of quaternary nitrogens is 3. The van der Waals surface area contributed by atoms with Crippen molar-refractivity contribution in [3.8, 4) is 0 Å². The van der Waals surface area contributed by atoms with Gasteiger partial charge in [-0.1, -0.05) is 54.6 Å². The molecular formula is C55H87N6+3. The van der Waals surface area contributed by atoms with Gasteiger partial charge in [-0.05, 0) is 135 Å². The molecule has 0 N–H and O–H groups in total. The molecule has 8 fully saturated rings. The number of benzene rings is 3. The van der Waals surface area contributed by atoms with Gasteiger partial charge in [-0.3, -0.25) is 4.48 Å². The summed E-state index contributed by atoms with van der Waals surface area (Å²) in [5.74, 6) is 2.11. The normalized spacial score (nSPS) is 34.3. The lowest BCUT2D eigenvalue weighted by Gasteiger charge is -2.62. The van der Waals surface area contributed by atoms with Crippen LogP contribution in [-0.4, -0.2) is 107 Å². The summed E-state index contributed by atoms with van der Waals surface area (Å²) in [6.45, 7) is 35.2. The highest BCUT2D eigenvalue weighted by Crippen LogP contribution is 2.58. The molecule has 6 heteroatoms. The van der Waals surface area contributed by atoms with Crippen molar-refractivity contribution in [1.82, 2.24) is 0 Å². The molecule has 11 rings (SSSR count). The predicted molar refractivity (Wildman–Crippen MR) is 260 cm³/mol. The van der Waals surface area contributed by atoms with Crippen molar-refractivity contribution >= 4 is 17.1 Å². The molecule has 3 unspecified atom stereocenters. The van der Waals surface area contributed by atoms with Crippen molar-refractivity contribution in [2.24, 2.45) is 11.8 Å². The molecule has 2 spiro atoms. The Balaban J connectivity index is 0.000000129. The van der Waals surface area contributed by atoms with Gasteiger partial charge < -0.3 is 23.7 Å². The first-order chi connectivity index (χ1) is 28.6. The van der Waals surface area contributed by atoms with E-state index in [1.54, 1.807) is 6.42 Å². The number of anilines is 3. The van der Waals surface area contributed by atoms with Gasteiger partial charge in [0.1, 0.15) is 19.6 Å². The van der Waals surface area contributed by atoms with Crippen molar-refractivity contribution < 1.29 is 13.4 Å². The molecule has 3 aromatic rings. The third-order valence-corrected chi connectivity index (χ3v) is 18.0. The number of rotatable bonds is 3. The van der Waals surface area contributed by atoms with E-state index in [1.807, 2.05) is 0 Å². The van der Waals surface area contributed by atoms with Crippen LogP contribution >= 0.6 is 0 Å². The minimum atomic E-state index is 0.217. The zero-order chi connectivity index (χ0) is 43.9. The second-order valence-corrected chi connectivity index (χ2v) is 24.0. The lowest BCUT2D eigenvalue weighted by Crippen LogP contribution is -2.72. The van der Waals surface area contributed by atoms with Crippen LogP contribution in [-0.2, 0) is 0 Å². The smallest absolute Gasteiger partial charge is 0.162 e. The van der Waals surface area contributed by atoms with Gasteiger partial charge in [0.05, 0.1) is 55.9 Å². The summed E-state index contributed by atoms with van der Waals surface area (Å²) in [7, 11) is 4.65. The zero-order valence-corrected chi connectivity index (χ0v) is 41.3. The standard InChI is InChI=1S/C22H33N2.C18H29N2.C15H25N2/c1-15-7-5-6-8-21(15)23-16(2)24(14-22(23,3)4)19-10-17-9-18(12-19)13-20(24)11-17;1-15-10-6-7-11-17(15)19-16(2)20(14-18(19,3)4)12-8-5-9-13-20;1-12-9-7-8-10-14(12)16-13(2)17(5,6)11-15(16,3)4/h5-8,16-20H,9-14H2,1-4H3;6-7,10-11,16H,5,8-9,12-14H2,1-4H3;7-10,13H,11H2,1-6H3/q3*+1. The second-order valence-electron chi connectivity index (χ2n) is 24.0. The molecule has 0 radical (unpaired) electrons. The number of likely N-dealkylation sites (N-methyl/N-ethyl adjacent to an activating group) is 1. The van der Waals surface area contributed by atoms with Gasteiger partial charge in [0.25, 0.3) is 0 Å². The Hall–Kier alpha value is -3.06. The Labute approximate surface area is 373 Å². The van der Waals surface area contributed by atoms with Crippen molar-refractivity contribution in [2.45, 2.75) is 182 Å². The lowest BCUT2D eigenvalue weighted by molar-refractivity contribution is -0.997. The van der Waals surface area contributed by atoms with Gasteiger partial charge in [0, 0.05) is 63.5 Å². The number of para-hydroxylation sites is 3. The molecule has 2 saturated carbocycles. The van der Waals surface area contributed by atoms with E-state index < -0.39 is 0 Å². The first kappa shape index (κ1) is 44.5. The quantitative estimate of drug-likeness (QED) is 0.244. The van der Waals surface area contributed by atoms with Crippen LogP contribution in [0.3, 0.4) is 0 Å². The molecule has 6 saturated heterocycles. The minimum absolute atomic E-state index is 0.217. The average molecular weight is 832 g/mol. The van der Waals surface area contributed by atoms with Crippen LogP contribution in [0, 0.1) is 32.6 Å². The van der Waals surface area contributed by atoms with Crippen LogP contribution in [0.15, 0.2) is 72.8 Å². The molecule has 6 aliphatic heterocycles. The van der Waals surface area contributed by atoms with Crippen LogP contribution in [0.4, 0.5) is 17.1 Å². The Morgan fingerprint density at radius 1 is 0.459 bits per heavy atom. The highest BCUT2D eigenvalue weighted by Gasteiger charge is 2.66. The minimum Gasteiger partial charge on any atom is -0.312 e. The van der Waals surface area contributed by atoms with Crippen molar-refractivity contribution in [2.75, 3.05) is 61.5 Å². The summed E-state index contributed by atoms with van der Waals surface area (Å²) in [5, 5.41) is 0. The van der Waals surface area contributed by atoms with Crippen molar-refractivity contribution in [3.05, 3.63) is 89.5 Å². The molecule has 0 aromatic heterocycles. The van der Waals surface area contributed by atoms with Gasteiger partial charge in [-0.15, -0.1) is 0 Å². The number of aryl methyl sites for hydroxylation is 3. The molecule has 3 aromatic carbocycles. The first-order valence-corrected chi connectivity index (χ1v) is 24.7.